The van der Waals surface area contributed by atoms with Crippen LogP contribution in [0.4, 0.5) is 0 Å². The molecular weight excluding hydrogens is 214 g/mol. The van der Waals surface area contributed by atoms with Crippen molar-refractivity contribution in [3.05, 3.63) is 0 Å². The molecule has 0 heterocycles. The quantitative estimate of drug-likeness (QED) is 0.391. The van der Waals surface area contributed by atoms with Gasteiger partial charge in [-0.05, 0) is 0 Å². The van der Waals surface area contributed by atoms with E-state index in [9.17, 15) is 0 Å². The Kier molecular flexibility index (Phi) is 861. The van der Waals surface area contributed by atoms with E-state index in [0.717, 1.165) is 13.1 Å². The van der Waals surface area contributed by atoms with Gasteiger partial charge in [-0.15, -0.1) is 0 Å². The molecule has 0 aromatic heterocycles. The second-order valence-electron chi connectivity index (χ2n) is 0.0431. The third-order valence-electron chi connectivity index (χ3n) is 0. The third-order valence-corrected chi connectivity index (χ3v) is 0. The Morgan fingerprint density at radius 3 is 0.625 bits per heavy atom. The van der Waals surface area contributed by atoms with Gasteiger partial charge in [-0.25, -0.2) is 0 Å². The zero-order chi connectivity index (χ0) is 2.71. The summed E-state index contributed by atoms with van der Waals surface area (Å²) in [5, 5.41) is 0. The molecule has 0 aliphatic carbocycles. The molecule has 5 nitrogen and oxygen atoms in total. The molecule has 0 aromatic carbocycles. The Hall–Kier alpha value is 0.899. The maximum absolute atomic E-state index is 4.67. The number of hydrogen-bond donors (Lipinski definition) is 0. The molecule has 0 unspecified atom stereocenters. The first-order chi connectivity index (χ1) is 1.41. The van der Waals surface area contributed by atoms with Gasteiger partial charge in [-0.1, -0.05) is 0 Å². The molecule has 0 rings (SSSR count). The van der Waals surface area contributed by atoms with Crippen molar-refractivity contribution >= 4 is 20.2 Å². The predicted octanol–water partition coefficient (Wildman–Crippen LogP) is -2.75. The van der Waals surface area contributed by atoms with E-state index in [2.05, 4.69) is 20.2 Å². The van der Waals surface area contributed by atoms with E-state index < -0.39 is 0 Å². The van der Waals surface area contributed by atoms with Gasteiger partial charge in [0.15, 0.2) is 0 Å². The van der Waals surface area contributed by atoms with Crippen LogP contribution in [0, 0.1) is 0 Å². The Balaban J connectivity index is -0.00000000200. The van der Waals surface area contributed by atoms with E-state index >= 15 is 0 Å². The van der Waals surface area contributed by atoms with Crippen molar-refractivity contribution in [2.75, 3.05) is 0 Å². The second kappa shape index (κ2) is 104. The molecule has 0 bridgehead atoms. The topological polar surface area (TPSA) is 158 Å². The van der Waals surface area contributed by atoms with Gasteiger partial charge in [-0.2, -0.15) is 0 Å². The summed E-state index contributed by atoms with van der Waals surface area (Å²) in [5.41, 5.74) is 0. The van der Waals surface area contributed by atoms with Crippen molar-refractivity contribution in [2.24, 2.45) is 0 Å². The van der Waals surface area contributed by atoms with Crippen molar-refractivity contribution < 1.29 is 40.5 Å². The van der Waals surface area contributed by atoms with E-state index in [4.69, 9.17) is 0 Å². The van der Waals surface area contributed by atoms with Gasteiger partial charge in [-0.3, -0.25) is 0 Å². The first-order valence-corrected chi connectivity index (χ1v) is 2.82. The molecule has 0 atom stereocenters. The van der Waals surface area contributed by atoms with Gasteiger partial charge in [0.05, 0.1) is 0 Å². The van der Waals surface area contributed by atoms with Gasteiger partial charge in [0.2, 0.25) is 0 Å². The number of hydrogen-bond acceptors (Lipinski definition) is 0. The van der Waals surface area contributed by atoms with Crippen LogP contribution in [0.2, 0.25) is 0 Å². The van der Waals surface area contributed by atoms with Crippen LogP contribution < -0.4 is 0 Å². The van der Waals surface area contributed by atoms with Crippen molar-refractivity contribution in [1.29, 1.82) is 0 Å². The zero-order valence-electron chi connectivity index (χ0n) is 3.56. The van der Waals surface area contributed by atoms with Crippen molar-refractivity contribution in [3.63, 3.8) is 0 Å². The van der Waals surface area contributed by atoms with Crippen LogP contribution in [-0.4, -0.2) is 27.4 Å². The van der Waals surface area contributed by atoms with E-state index in [1.165, 1.54) is 0 Å². The van der Waals surface area contributed by atoms with Crippen LogP contribution in [0.1, 0.15) is 0 Å². The van der Waals surface area contributed by atoms with Crippen LogP contribution in [-0.2, 0) is 13.1 Å². The van der Waals surface area contributed by atoms with Crippen molar-refractivity contribution in [1.82, 2.24) is 0 Å². The minimum absolute atomic E-state index is 0. The monoisotopic (exact) mass is 223 g/mol. The minimum atomic E-state index is 0. The number of rotatable bonds is 0. The molecule has 0 amide bonds. The van der Waals surface area contributed by atoms with Gasteiger partial charge in [0.1, 0.15) is 0 Å². The molecule has 0 saturated carbocycles. The van der Waals surface area contributed by atoms with Crippen LogP contribution in [0.5, 0.6) is 0 Å². The zero-order valence-corrected chi connectivity index (χ0v) is 6.01. The van der Waals surface area contributed by atoms with E-state index in [0.29, 0.717) is 0 Å². The summed E-state index contributed by atoms with van der Waals surface area (Å²) < 4.78 is 0. The summed E-state index contributed by atoms with van der Waals surface area (Å²) in [6.45, 7) is 0. The molecule has 0 fully saturated rings. The Bertz CT molecular complexity index is 10.4. The fourth-order valence-corrected chi connectivity index (χ4v) is 0. The fourth-order valence-electron chi connectivity index (χ4n) is 0. The molecule has 0 aromatic rings. The van der Waals surface area contributed by atoms with Crippen LogP contribution in [0.25, 0.3) is 0 Å². The predicted molar refractivity (Wildman–Crippen MR) is 29.8 cm³/mol. The van der Waals surface area contributed by atoms with Crippen molar-refractivity contribution in [2.45, 2.75) is 0 Å². The molecule has 8 heteroatoms. The molecule has 8 heavy (non-hydrogen) atoms. The van der Waals surface area contributed by atoms with Crippen LogP contribution >= 0.6 is 20.2 Å². The summed E-state index contributed by atoms with van der Waals surface area (Å²) >= 11 is 0.757. The maximum atomic E-state index is 4.67. The molecule has 0 radical (unpaired) electrons. The van der Waals surface area contributed by atoms with Crippen molar-refractivity contribution in [3.8, 4) is 0 Å². The fraction of sp³-hybridized carbons (Fsp3) is 0. The average molecular weight is 225 g/mol. The number of halogens is 2. The standard InChI is InChI=1S/2ClH.Cu.5H2O/h2*1H;;5*1H2/q;;+2;;;;;/p-2. The molecule has 0 saturated heterocycles. The average Bonchev–Trinajstić information content (AvgIpc) is 0.918. The molecular formula is H10Cl2CuO5. The molecule has 0 spiro atoms. The summed E-state index contributed by atoms with van der Waals surface area (Å²) in [6.07, 6.45) is 0. The van der Waals surface area contributed by atoms with E-state index in [1.807, 2.05) is 0 Å². The SMILES string of the molecule is O.O.O.O.O.[Cl][Cu][Cl]. The van der Waals surface area contributed by atoms with E-state index in [-0.39, 0.29) is 27.4 Å². The van der Waals surface area contributed by atoms with Gasteiger partial charge >= 0.3 is 33.3 Å². The Labute approximate surface area is 61.1 Å². The van der Waals surface area contributed by atoms with Crippen LogP contribution in [0.3, 0.4) is 0 Å². The van der Waals surface area contributed by atoms with Gasteiger partial charge < -0.3 is 27.4 Å². The normalized spacial score (nSPS) is 2.75. The summed E-state index contributed by atoms with van der Waals surface area (Å²) in [4.78, 5) is 0. The molecule has 0 aliphatic heterocycles. The van der Waals surface area contributed by atoms with Gasteiger partial charge in [0, 0.05) is 0 Å². The Morgan fingerprint density at radius 2 is 0.625 bits per heavy atom. The van der Waals surface area contributed by atoms with Crippen LogP contribution in [0.15, 0.2) is 0 Å². The molecule has 10 N–H and O–H groups in total. The van der Waals surface area contributed by atoms with Gasteiger partial charge in [0.25, 0.3) is 0 Å². The summed E-state index contributed by atoms with van der Waals surface area (Å²) in [5.74, 6) is 0. The summed E-state index contributed by atoms with van der Waals surface area (Å²) in [6, 6.07) is 0. The third kappa shape index (κ3) is 297. The molecule has 65 valence electrons. The van der Waals surface area contributed by atoms with E-state index in [1.54, 1.807) is 0 Å². The first kappa shape index (κ1) is 66.1. The second-order valence-corrected chi connectivity index (χ2v) is 1.60. The Morgan fingerprint density at radius 1 is 0.625 bits per heavy atom. The first-order valence-electron chi connectivity index (χ1n) is 0.228. The summed E-state index contributed by atoms with van der Waals surface area (Å²) in [7, 11) is 9.34. The molecule has 0 aliphatic rings.